The van der Waals surface area contributed by atoms with Crippen LogP contribution in [0.4, 0.5) is 4.79 Å². The Kier molecular flexibility index (Phi) is 5.98. The Labute approximate surface area is 201 Å². The summed E-state index contributed by atoms with van der Waals surface area (Å²) in [4.78, 5) is 41.8. The molecule has 35 heavy (non-hydrogen) atoms. The Hall–Kier alpha value is -4.14. The Morgan fingerprint density at radius 3 is 2.34 bits per heavy atom. The number of carbonyl (C=O) groups is 3. The molecule has 2 amide bonds. The molecule has 0 saturated heterocycles. The molecule has 0 unspecified atom stereocenters. The number of benzene rings is 2. The molecule has 180 valence electrons. The highest BCUT2D eigenvalue weighted by Crippen LogP contribution is 2.44. The van der Waals surface area contributed by atoms with Crippen molar-refractivity contribution in [3.05, 3.63) is 77.5 Å². The largest absolute Gasteiger partial charge is 0.481 e. The summed E-state index contributed by atoms with van der Waals surface area (Å²) in [5.74, 6) is -1.50. The minimum atomic E-state index is -0.850. The first-order valence-corrected chi connectivity index (χ1v) is 11.4. The lowest BCUT2D eigenvalue weighted by molar-refractivity contribution is -0.146. The summed E-state index contributed by atoms with van der Waals surface area (Å²) in [6, 6.07) is 16.0. The second-order valence-electron chi connectivity index (χ2n) is 8.88. The highest BCUT2D eigenvalue weighted by molar-refractivity contribution is 5.93. The summed E-state index contributed by atoms with van der Waals surface area (Å²) in [5.41, 5.74) is 4.62. The topological polar surface area (TPSA) is 122 Å². The molecule has 2 aliphatic carbocycles. The second kappa shape index (κ2) is 9.25. The third-order valence-electron chi connectivity index (χ3n) is 6.91. The fraction of sp³-hybridized carbons (Fsp3) is 0.308. The van der Waals surface area contributed by atoms with E-state index >= 15 is 0 Å². The maximum absolute atomic E-state index is 12.8. The van der Waals surface area contributed by atoms with Crippen LogP contribution in [0.1, 0.15) is 46.1 Å². The average molecular weight is 476 g/mol. The molecule has 1 saturated carbocycles. The molecule has 1 fully saturated rings. The quantitative estimate of drug-likeness (QED) is 0.535. The predicted octanol–water partition coefficient (Wildman–Crippen LogP) is 3.65. The number of rotatable bonds is 7. The number of carbonyl (C=O) groups excluding carboxylic acids is 2. The van der Waals surface area contributed by atoms with E-state index in [0.29, 0.717) is 12.8 Å². The smallest absolute Gasteiger partial charge is 0.407 e. The maximum atomic E-state index is 12.8. The zero-order valence-corrected chi connectivity index (χ0v) is 19.1. The molecule has 0 radical (unpaired) electrons. The van der Waals surface area contributed by atoms with Crippen LogP contribution < -0.4 is 5.32 Å². The van der Waals surface area contributed by atoms with Crippen molar-refractivity contribution in [3.63, 3.8) is 0 Å². The van der Waals surface area contributed by atoms with Crippen molar-refractivity contribution >= 4 is 18.0 Å². The number of oxazole rings is 1. The molecule has 0 atom stereocenters. The number of nitrogens with zero attached hydrogens (tertiary/aromatic N) is 2. The van der Waals surface area contributed by atoms with Crippen molar-refractivity contribution in [3.8, 4) is 11.1 Å². The van der Waals surface area contributed by atoms with Crippen LogP contribution in [0.5, 0.6) is 0 Å². The molecule has 2 aromatic carbocycles. The third kappa shape index (κ3) is 4.25. The summed E-state index contributed by atoms with van der Waals surface area (Å²) in [5, 5.41) is 11.7. The van der Waals surface area contributed by atoms with Crippen LogP contribution in [0.2, 0.25) is 0 Å². The highest BCUT2D eigenvalue weighted by atomic mass is 16.5. The van der Waals surface area contributed by atoms with Gasteiger partial charge in [-0.3, -0.25) is 9.59 Å². The van der Waals surface area contributed by atoms with E-state index in [9.17, 15) is 14.4 Å². The molecule has 2 aliphatic rings. The van der Waals surface area contributed by atoms with Crippen LogP contribution in [-0.4, -0.2) is 52.7 Å². The number of amides is 2. The molecule has 1 aromatic heterocycles. The van der Waals surface area contributed by atoms with Gasteiger partial charge in [0.25, 0.3) is 5.91 Å². The number of aliphatic carboxylic acids is 1. The molecule has 9 heteroatoms. The van der Waals surface area contributed by atoms with E-state index in [2.05, 4.69) is 22.4 Å². The number of hydrogen-bond acceptors (Lipinski definition) is 6. The van der Waals surface area contributed by atoms with Crippen molar-refractivity contribution in [2.75, 3.05) is 13.7 Å². The standard InChI is InChI=1S/C26H25N3O6/c1-29(16-10-15(11-16)25(31)32)24(30)23-22(35-14-28-23)12-27-26(33)34-13-21-19-8-4-2-6-17(19)18-7-3-5-9-20(18)21/h2-9,14-16,21H,10-13H2,1H3,(H,27,33)(H,31,32). The lowest BCUT2D eigenvalue weighted by Gasteiger charge is -2.38. The molecule has 0 spiro atoms. The van der Waals surface area contributed by atoms with E-state index in [1.807, 2.05) is 36.4 Å². The molecule has 0 aliphatic heterocycles. The minimum Gasteiger partial charge on any atom is -0.481 e. The van der Waals surface area contributed by atoms with Gasteiger partial charge in [-0.25, -0.2) is 9.78 Å². The van der Waals surface area contributed by atoms with Crippen LogP contribution in [0, 0.1) is 5.92 Å². The van der Waals surface area contributed by atoms with Crippen molar-refractivity contribution in [1.82, 2.24) is 15.2 Å². The molecule has 0 bridgehead atoms. The molecule has 5 rings (SSSR count). The molecular formula is C26H25N3O6. The molecule has 1 heterocycles. The van der Waals surface area contributed by atoms with Crippen molar-refractivity contribution in [2.24, 2.45) is 5.92 Å². The first-order chi connectivity index (χ1) is 16.9. The molecular weight excluding hydrogens is 450 g/mol. The Bertz CT molecular complexity index is 1230. The number of hydrogen-bond donors (Lipinski definition) is 2. The van der Waals surface area contributed by atoms with Crippen LogP contribution >= 0.6 is 0 Å². The van der Waals surface area contributed by atoms with Gasteiger partial charge in [-0.2, -0.15) is 0 Å². The van der Waals surface area contributed by atoms with Crippen molar-refractivity contribution in [2.45, 2.75) is 31.3 Å². The van der Waals surface area contributed by atoms with E-state index in [4.69, 9.17) is 14.3 Å². The molecule has 2 N–H and O–H groups in total. The van der Waals surface area contributed by atoms with Crippen molar-refractivity contribution in [1.29, 1.82) is 0 Å². The van der Waals surface area contributed by atoms with E-state index in [0.717, 1.165) is 28.6 Å². The number of aromatic nitrogens is 1. The SMILES string of the molecule is CN(C(=O)c1ncoc1CNC(=O)OCC1c2ccccc2-c2ccccc21)C1CC(C(=O)O)C1. The lowest BCUT2D eigenvalue weighted by Crippen LogP contribution is -2.48. The average Bonchev–Trinajstić information content (AvgIpc) is 3.42. The number of fused-ring (bicyclic) bond motifs is 3. The summed E-state index contributed by atoms with van der Waals surface area (Å²) in [7, 11) is 1.61. The van der Waals surface area contributed by atoms with Gasteiger partial charge in [-0.05, 0) is 35.1 Å². The van der Waals surface area contributed by atoms with Gasteiger partial charge in [0.1, 0.15) is 6.61 Å². The van der Waals surface area contributed by atoms with E-state index in [1.165, 1.54) is 4.90 Å². The van der Waals surface area contributed by atoms with Gasteiger partial charge in [0, 0.05) is 19.0 Å². The zero-order valence-electron chi connectivity index (χ0n) is 19.1. The fourth-order valence-corrected chi connectivity index (χ4v) is 4.81. The van der Waals surface area contributed by atoms with E-state index in [1.54, 1.807) is 7.05 Å². The van der Waals surface area contributed by atoms with Gasteiger partial charge in [0.2, 0.25) is 0 Å². The van der Waals surface area contributed by atoms with Gasteiger partial charge in [-0.15, -0.1) is 0 Å². The fourth-order valence-electron chi connectivity index (χ4n) is 4.81. The van der Waals surface area contributed by atoms with Gasteiger partial charge in [-0.1, -0.05) is 48.5 Å². The number of carboxylic acids is 1. The van der Waals surface area contributed by atoms with Crippen LogP contribution in [-0.2, 0) is 16.1 Å². The Morgan fingerprint density at radius 1 is 1.09 bits per heavy atom. The van der Waals surface area contributed by atoms with E-state index < -0.39 is 18.0 Å². The summed E-state index contributed by atoms with van der Waals surface area (Å²) in [6.07, 6.45) is 1.33. The van der Waals surface area contributed by atoms with Crippen LogP contribution in [0.3, 0.4) is 0 Å². The monoisotopic (exact) mass is 475 g/mol. The zero-order chi connectivity index (χ0) is 24.5. The second-order valence-corrected chi connectivity index (χ2v) is 8.88. The van der Waals surface area contributed by atoms with Gasteiger partial charge < -0.3 is 24.5 Å². The first-order valence-electron chi connectivity index (χ1n) is 11.4. The maximum Gasteiger partial charge on any atom is 0.407 e. The number of ether oxygens (including phenoxy) is 1. The van der Waals surface area contributed by atoms with Crippen LogP contribution in [0.15, 0.2) is 59.3 Å². The summed E-state index contributed by atoms with van der Waals surface area (Å²) in [6.45, 7) is 0.116. The van der Waals surface area contributed by atoms with Crippen molar-refractivity contribution < 1.29 is 28.6 Å². The number of carboxylic acid groups (broad SMARTS) is 1. The van der Waals surface area contributed by atoms with Gasteiger partial charge in [0.05, 0.1) is 12.5 Å². The summed E-state index contributed by atoms with van der Waals surface area (Å²) < 4.78 is 10.8. The molecule has 9 nitrogen and oxygen atoms in total. The Balaban J connectivity index is 1.17. The molecule has 3 aromatic rings. The highest BCUT2D eigenvalue weighted by Gasteiger charge is 2.39. The van der Waals surface area contributed by atoms with Gasteiger partial charge >= 0.3 is 12.1 Å². The number of alkyl carbamates (subject to hydrolysis) is 1. The third-order valence-corrected chi connectivity index (χ3v) is 6.91. The van der Waals surface area contributed by atoms with Crippen LogP contribution in [0.25, 0.3) is 11.1 Å². The first kappa shape index (κ1) is 22.6. The normalized spacial score (nSPS) is 18.2. The van der Waals surface area contributed by atoms with E-state index in [-0.39, 0.29) is 42.5 Å². The van der Waals surface area contributed by atoms with Gasteiger partial charge in [0.15, 0.2) is 17.8 Å². The predicted molar refractivity (Wildman–Crippen MR) is 125 cm³/mol. The Morgan fingerprint density at radius 2 is 1.71 bits per heavy atom. The number of nitrogens with one attached hydrogen (secondary N) is 1. The minimum absolute atomic E-state index is 0.0543. The lowest BCUT2D eigenvalue weighted by atomic mass is 9.79. The summed E-state index contributed by atoms with van der Waals surface area (Å²) >= 11 is 0.